The molecule has 1 aromatic heterocycles. The normalized spacial score (nSPS) is 17.0. The van der Waals surface area contributed by atoms with Gasteiger partial charge in [0.05, 0.1) is 17.1 Å². The number of nitrogens with one attached hydrogen (secondary N) is 2. The van der Waals surface area contributed by atoms with Crippen molar-refractivity contribution in [1.82, 2.24) is 10.2 Å². The number of carbonyl (C=O) groups excluding carboxylic acids is 1. The summed E-state index contributed by atoms with van der Waals surface area (Å²) in [4.78, 5) is 12.0. The van der Waals surface area contributed by atoms with Gasteiger partial charge in [0.25, 0.3) is 0 Å². The molecule has 4 N–H and O–H groups in total. The zero-order valence-corrected chi connectivity index (χ0v) is 9.36. The van der Waals surface area contributed by atoms with Crippen LogP contribution in [-0.4, -0.2) is 22.6 Å². The monoisotopic (exact) mass is 230 g/mol. The van der Waals surface area contributed by atoms with Gasteiger partial charge in [-0.05, 0) is 31.0 Å². The van der Waals surface area contributed by atoms with Gasteiger partial charge in [0, 0.05) is 17.6 Å². The molecule has 1 saturated carbocycles. The van der Waals surface area contributed by atoms with Gasteiger partial charge in [-0.1, -0.05) is 0 Å². The number of aromatic amines is 1. The van der Waals surface area contributed by atoms with E-state index in [0.29, 0.717) is 6.54 Å². The van der Waals surface area contributed by atoms with Crippen LogP contribution in [0.3, 0.4) is 0 Å². The number of nitrogens with zero attached hydrogens (tertiary/aromatic N) is 1. The fraction of sp³-hybridized carbons (Fsp3) is 0.333. The topological polar surface area (TPSA) is 83.8 Å². The quantitative estimate of drug-likeness (QED) is 0.741. The molecule has 0 atom stereocenters. The fourth-order valence-corrected chi connectivity index (χ4v) is 1.95. The molecule has 5 heteroatoms. The number of anilines is 1. The molecule has 0 radical (unpaired) electrons. The van der Waals surface area contributed by atoms with Crippen LogP contribution in [0, 0.1) is 5.41 Å². The highest BCUT2D eigenvalue weighted by molar-refractivity contribution is 5.98. The summed E-state index contributed by atoms with van der Waals surface area (Å²) >= 11 is 0. The number of benzene rings is 1. The summed E-state index contributed by atoms with van der Waals surface area (Å²) in [5.41, 5.74) is 7.00. The highest BCUT2D eigenvalue weighted by atomic mass is 16.2. The zero-order chi connectivity index (χ0) is 11.9. The Kier molecular flexibility index (Phi) is 2.16. The van der Waals surface area contributed by atoms with Crippen LogP contribution in [0.5, 0.6) is 0 Å². The van der Waals surface area contributed by atoms with Crippen LogP contribution in [0.4, 0.5) is 5.69 Å². The van der Waals surface area contributed by atoms with Crippen LogP contribution in [0.25, 0.3) is 10.9 Å². The van der Waals surface area contributed by atoms with Gasteiger partial charge in [0.1, 0.15) is 0 Å². The van der Waals surface area contributed by atoms with Gasteiger partial charge in [-0.3, -0.25) is 9.89 Å². The zero-order valence-electron chi connectivity index (χ0n) is 9.36. The predicted octanol–water partition coefficient (Wildman–Crippen LogP) is 1.24. The third kappa shape index (κ3) is 1.68. The van der Waals surface area contributed by atoms with E-state index in [-0.39, 0.29) is 11.3 Å². The van der Waals surface area contributed by atoms with Crippen LogP contribution < -0.4 is 11.1 Å². The van der Waals surface area contributed by atoms with Gasteiger partial charge in [0.2, 0.25) is 5.91 Å². The highest BCUT2D eigenvalue weighted by Crippen LogP contribution is 2.45. The Morgan fingerprint density at radius 2 is 2.35 bits per heavy atom. The Balaban J connectivity index is 1.82. The first-order valence-electron chi connectivity index (χ1n) is 5.68. The van der Waals surface area contributed by atoms with E-state index < -0.39 is 0 Å². The number of rotatable bonds is 3. The van der Waals surface area contributed by atoms with Gasteiger partial charge in [-0.25, -0.2) is 0 Å². The largest absolute Gasteiger partial charge is 0.329 e. The van der Waals surface area contributed by atoms with Crippen molar-refractivity contribution in [3.8, 4) is 0 Å². The van der Waals surface area contributed by atoms with E-state index in [4.69, 9.17) is 5.73 Å². The van der Waals surface area contributed by atoms with Crippen molar-refractivity contribution >= 4 is 22.5 Å². The summed E-state index contributed by atoms with van der Waals surface area (Å²) < 4.78 is 0. The van der Waals surface area contributed by atoms with E-state index >= 15 is 0 Å². The predicted molar refractivity (Wildman–Crippen MR) is 65.4 cm³/mol. The molecule has 1 aromatic carbocycles. The second-order valence-electron chi connectivity index (χ2n) is 4.61. The maximum absolute atomic E-state index is 12.0. The lowest BCUT2D eigenvalue weighted by Crippen LogP contribution is -2.30. The average molecular weight is 230 g/mol. The molecule has 5 nitrogen and oxygen atoms in total. The number of carbonyl (C=O) groups is 1. The molecule has 88 valence electrons. The van der Waals surface area contributed by atoms with E-state index in [1.807, 2.05) is 18.2 Å². The standard InChI is InChI=1S/C12H14N4O/c13-7-12(3-4-12)11(17)15-9-2-1-8-6-14-16-10(8)5-9/h1-2,5-6H,3-4,7,13H2,(H,14,16)(H,15,17). The van der Waals surface area contributed by atoms with E-state index in [1.165, 1.54) is 0 Å². The molecule has 1 amide bonds. The van der Waals surface area contributed by atoms with E-state index in [0.717, 1.165) is 29.4 Å². The van der Waals surface area contributed by atoms with Gasteiger partial charge in [0.15, 0.2) is 0 Å². The van der Waals surface area contributed by atoms with Crippen molar-refractivity contribution in [1.29, 1.82) is 0 Å². The fourth-order valence-electron chi connectivity index (χ4n) is 1.95. The molecule has 1 heterocycles. The maximum atomic E-state index is 12.0. The minimum absolute atomic E-state index is 0.0267. The van der Waals surface area contributed by atoms with Crippen molar-refractivity contribution < 1.29 is 4.79 Å². The molecule has 0 unspecified atom stereocenters. The average Bonchev–Trinajstić information content (AvgIpc) is 3.01. The van der Waals surface area contributed by atoms with Crippen molar-refractivity contribution in [3.05, 3.63) is 24.4 Å². The minimum atomic E-state index is -0.317. The third-order valence-corrected chi connectivity index (χ3v) is 3.43. The van der Waals surface area contributed by atoms with Gasteiger partial charge >= 0.3 is 0 Å². The first kappa shape index (κ1) is 10.3. The second-order valence-corrected chi connectivity index (χ2v) is 4.61. The van der Waals surface area contributed by atoms with Crippen molar-refractivity contribution in [2.24, 2.45) is 11.1 Å². The first-order chi connectivity index (χ1) is 8.23. The van der Waals surface area contributed by atoms with Crippen molar-refractivity contribution in [3.63, 3.8) is 0 Å². The molecule has 0 spiro atoms. The Bertz CT molecular complexity index is 571. The van der Waals surface area contributed by atoms with Crippen LogP contribution in [0.1, 0.15) is 12.8 Å². The molecular formula is C12H14N4O. The Hall–Kier alpha value is -1.88. The Morgan fingerprint density at radius 3 is 3.06 bits per heavy atom. The number of hydrogen-bond donors (Lipinski definition) is 3. The molecule has 1 fully saturated rings. The van der Waals surface area contributed by atoms with Crippen molar-refractivity contribution in [2.45, 2.75) is 12.8 Å². The number of H-pyrrole nitrogens is 1. The number of nitrogens with two attached hydrogens (primary N) is 1. The van der Waals surface area contributed by atoms with Crippen LogP contribution >= 0.6 is 0 Å². The summed E-state index contributed by atoms with van der Waals surface area (Å²) in [7, 11) is 0. The SMILES string of the molecule is NCC1(C(=O)Nc2ccc3cn[nH]c3c2)CC1. The molecule has 2 aromatic rings. The number of aromatic nitrogens is 2. The summed E-state index contributed by atoms with van der Waals surface area (Å²) in [6.07, 6.45) is 3.53. The molecule has 0 aliphatic heterocycles. The minimum Gasteiger partial charge on any atom is -0.329 e. The lowest BCUT2D eigenvalue weighted by Gasteiger charge is -2.12. The number of amides is 1. The first-order valence-corrected chi connectivity index (χ1v) is 5.68. The van der Waals surface area contributed by atoms with Gasteiger partial charge in [-0.15, -0.1) is 0 Å². The van der Waals surface area contributed by atoms with E-state index in [2.05, 4.69) is 15.5 Å². The summed E-state index contributed by atoms with van der Waals surface area (Å²) in [5, 5.41) is 10.8. The lowest BCUT2D eigenvalue weighted by atomic mass is 10.1. The Morgan fingerprint density at radius 1 is 1.53 bits per heavy atom. The van der Waals surface area contributed by atoms with Crippen LogP contribution in [0.15, 0.2) is 24.4 Å². The van der Waals surface area contributed by atoms with Crippen LogP contribution in [0.2, 0.25) is 0 Å². The molecular weight excluding hydrogens is 216 g/mol. The molecule has 0 saturated heterocycles. The molecule has 3 rings (SSSR count). The number of fused-ring (bicyclic) bond motifs is 1. The van der Waals surface area contributed by atoms with Gasteiger partial charge in [-0.2, -0.15) is 5.10 Å². The van der Waals surface area contributed by atoms with Gasteiger partial charge < -0.3 is 11.1 Å². The van der Waals surface area contributed by atoms with Crippen LogP contribution in [-0.2, 0) is 4.79 Å². The second kappa shape index (κ2) is 3.56. The molecule has 0 bridgehead atoms. The summed E-state index contributed by atoms with van der Waals surface area (Å²) in [5.74, 6) is 0.0267. The van der Waals surface area contributed by atoms with Crippen molar-refractivity contribution in [2.75, 3.05) is 11.9 Å². The third-order valence-electron chi connectivity index (χ3n) is 3.43. The maximum Gasteiger partial charge on any atom is 0.231 e. The highest BCUT2D eigenvalue weighted by Gasteiger charge is 2.48. The van der Waals surface area contributed by atoms with E-state index in [1.54, 1.807) is 6.20 Å². The molecule has 1 aliphatic rings. The van der Waals surface area contributed by atoms with E-state index in [9.17, 15) is 4.79 Å². The number of hydrogen-bond acceptors (Lipinski definition) is 3. The molecule has 17 heavy (non-hydrogen) atoms. The summed E-state index contributed by atoms with van der Waals surface area (Å²) in [6, 6.07) is 5.69. The molecule has 1 aliphatic carbocycles. The smallest absolute Gasteiger partial charge is 0.231 e. The lowest BCUT2D eigenvalue weighted by molar-refractivity contribution is -0.120. The Labute approximate surface area is 98.4 Å². The summed E-state index contributed by atoms with van der Waals surface area (Å²) in [6.45, 7) is 0.422.